The van der Waals surface area contributed by atoms with Gasteiger partial charge in [0.05, 0.1) is 11.3 Å². The molecule has 1 heterocycles. The fourth-order valence-corrected chi connectivity index (χ4v) is 4.75. The zero-order valence-corrected chi connectivity index (χ0v) is 19.3. The Labute approximate surface area is 189 Å². The topological polar surface area (TPSA) is 91.4 Å². The van der Waals surface area contributed by atoms with Crippen molar-refractivity contribution in [2.75, 3.05) is 11.9 Å². The first-order valence-electron chi connectivity index (χ1n) is 10.3. The molecule has 0 bridgehead atoms. The summed E-state index contributed by atoms with van der Waals surface area (Å²) in [6.07, 6.45) is 1.53. The van der Waals surface area contributed by atoms with Crippen LogP contribution < -0.4 is 14.9 Å². The number of hydrogen-bond acceptors (Lipinski definition) is 5. The molecule has 0 atom stereocenters. The Kier molecular flexibility index (Phi) is 7.61. The smallest absolute Gasteiger partial charge is 0.253 e. The monoisotopic (exact) mass is 452 g/mol. The molecule has 0 saturated heterocycles. The quantitative estimate of drug-likeness (QED) is 0.518. The number of anilines is 2. The number of carbonyl (C=O) groups is 1. The predicted octanol–water partition coefficient (Wildman–Crippen LogP) is 3.61. The van der Waals surface area contributed by atoms with E-state index in [0.717, 1.165) is 17.1 Å². The summed E-state index contributed by atoms with van der Waals surface area (Å²) in [6.45, 7) is 3.78. The summed E-state index contributed by atoms with van der Waals surface area (Å²) in [4.78, 5) is 19.0. The fourth-order valence-electron chi connectivity index (χ4n) is 3.26. The van der Waals surface area contributed by atoms with Crippen molar-refractivity contribution in [2.24, 2.45) is 0 Å². The number of nitrogens with one attached hydrogen (secondary N) is 2. The second-order valence-corrected chi connectivity index (χ2v) is 9.54. The Morgan fingerprint density at radius 3 is 2.25 bits per heavy atom. The highest BCUT2D eigenvalue weighted by Crippen LogP contribution is 2.21. The van der Waals surface area contributed by atoms with E-state index in [1.165, 1.54) is 6.20 Å². The standard InChI is InChI=1S/C24H28N4O3S/c1-18(2)27-32(30,31)17-21-10-8-7-9-19(21)15-26-24(29)20-13-14-23(25-16-20)28(3)22-11-5-4-6-12-22/h4-14,16,18,27H,15,17H2,1-3H3,(H,26,29). The fraction of sp³-hybridized carbons (Fsp3) is 0.250. The number of pyridine rings is 1. The van der Waals surface area contributed by atoms with Crippen LogP contribution in [0.2, 0.25) is 0 Å². The maximum absolute atomic E-state index is 12.6. The number of sulfonamides is 1. The minimum atomic E-state index is -3.46. The van der Waals surface area contributed by atoms with E-state index in [4.69, 9.17) is 0 Å². The molecule has 0 saturated carbocycles. The van der Waals surface area contributed by atoms with Gasteiger partial charge in [-0.3, -0.25) is 4.79 Å². The van der Waals surface area contributed by atoms with E-state index in [1.807, 2.05) is 54.4 Å². The lowest BCUT2D eigenvalue weighted by molar-refractivity contribution is 0.0950. The minimum Gasteiger partial charge on any atom is -0.348 e. The summed E-state index contributed by atoms with van der Waals surface area (Å²) >= 11 is 0. The number of amides is 1. The van der Waals surface area contributed by atoms with Crippen molar-refractivity contribution in [3.8, 4) is 0 Å². The van der Waals surface area contributed by atoms with E-state index in [0.29, 0.717) is 11.1 Å². The molecule has 2 N–H and O–H groups in total. The molecule has 0 unspecified atom stereocenters. The molecule has 1 amide bonds. The van der Waals surface area contributed by atoms with Gasteiger partial charge in [0.1, 0.15) is 5.82 Å². The molecular weight excluding hydrogens is 424 g/mol. The Morgan fingerprint density at radius 1 is 0.969 bits per heavy atom. The van der Waals surface area contributed by atoms with Crippen molar-refractivity contribution in [1.82, 2.24) is 15.0 Å². The first-order valence-corrected chi connectivity index (χ1v) is 12.0. The van der Waals surface area contributed by atoms with Crippen molar-refractivity contribution in [2.45, 2.75) is 32.2 Å². The molecule has 0 spiro atoms. The van der Waals surface area contributed by atoms with Crippen molar-refractivity contribution in [3.05, 3.63) is 89.6 Å². The first kappa shape index (κ1) is 23.4. The zero-order chi connectivity index (χ0) is 23.1. The number of nitrogens with zero attached hydrogens (tertiary/aromatic N) is 2. The van der Waals surface area contributed by atoms with E-state index in [-0.39, 0.29) is 24.2 Å². The lowest BCUT2D eigenvalue weighted by Gasteiger charge is -2.18. The van der Waals surface area contributed by atoms with Crippen LogP contribution in [0, 0.1) is 0 Å². The third kappa shape index (κ3) is 6.38. The Hall–Kier alpha value is -3.23. The highest BCUT2D eigenvalue weighted by atomic mass is 32.2. The molecule has 0 aliphatic carbocycles. The lowest BCUT2D eigenvalue weighted by Crippen LogP contribution is -2.32. The van der Waals surface area contributed by atoms with Crippen molar-refractivity contribution < 1.29 is 13.2 Å². The van der Waals surface area contributed by atoms with Gasteiger partial charge in [-0.25, -0.2) is 18.1 Å². The van der Waals surface area contributed by atoms with E-state index in [1.54, 1.807) is 38.1 Å². The molecule has 0 aliphatic rings. The molecule has 7 nitrogen and oxygen atoms in total. The van der Waals surface area contributed by atoms with Crippen LogP contribution in [0.1, 0.15) is 35.3 Å². The average molecular weight is 453 g/mol. The van der Waals surface area contributed by atoms with Crippen molar-refractivity contribution in [1.29, 1.82) is 0 Å². The summed E-state index contributed by atoms with van der Waals surface area (Å²) < 4.78 is 27.2. The third-order valence-electron chi connectivity index (χ3n) is 4.82. The van der Waals surface area contributed by atoms with Crippen LogP contribution in [0.4, 0.5) is 11.5 Å². The van der Waals surface area contributed by atoms with E-state index >= 15 is 0 Å². The van der Waals surface area contributed by atoms with E-state index < -0.39 is 10.0 Å². The molecule has 3 aromatic rings. The lowest BCUT2D eigenvalue weighted by atomic mass is 10.1. The van der Waals surface area contributed by atoms with Gasteiger partial charge in [0.25, 0.3) is 5.91 Å². The minimum absolute atomic E-state index is 0.140. The summed E-state index contributed by atoms with van der Waals surface area (Å²) in [5, 5.41) is 2.85. The van der Waals surface area contributed by atoms with Gasteiger partial charge >= 0.3 is 0 Å². The predicted molar refractivity (Wildman–Crippen MR) is 127 cm³/mol. The Balaban J connectivity index is 1.65. The van der Waals surface area contributed by atoms with Crippen LogP contribution in [-0.2, 0) is 22.3 Å². The van der Waals surface area contributed by atoms with Gasteiger partial charge in [-0.2, -0.15) is 0 Å². The van der Waals surface area contributed by atoms with Crippen LogP contribution in [0.15, 0.2) is 72.9 Å². The third-order valence-corrected chi connectivity index (χ3v) is 6.34. The molecule has 168 valence electrons. The number of hydrogen-bond donors (Lipinski definition) is 2. The highest BCUT2D eigenvalue weighted by molar-refractivity contribution is 7.88. The van der Waals surface area contributed by atoms with Crippen molar-refractivity contribution >= 4 is 27.4 Å². The number of aromatic nitrogens is 1. The largest absolute Gasteiger partial charge is 0.348 e. The maximum Gasteiger partial charge on any atom is 0.253 e. The Morgan fingerprint density at radius 2 is 1.62 bits per heavy atom. The number of benzene rings is 2. The van der Waals surface area contributed by atoms with Gasteiger partial charge in [-0.15, -0.1) is 0 Å². The SMILES string of the molecule is CC(C)NS(=O)(=O)Cc1ccccc1CNC(=O)c1ccc(N(C)c2ccccc2)nc1. The van der Waals surface area contributed by atoms with Gasteiger partial charge in [0, 0.05) is 31.5 Å². The summed E-state index contributed by atoms with van der Waals surface area (Å²) in [5.41, 5.74) is 2.83. The summed E-state index contributed by atoms with van der Waals surface area (Å²) in [6, 6.07) is 20.3. The van der Waals surface area contributed by atoms with Crippen molar-refractivity contribution in [3.63, 3.8) is 0 Å². The molecule has 2 aromatic carbocycles. The first-order chi connectivity index (χ1) is 15.2. The molecule has 32 heavy (non-hydrogen) atoms. The van der Waals surface area contributed by atoms with Gasteiger partial charge in [-0.05, 0) is 49.2 Å². The molecular formula is C24H28N4O3S. The van der Waals surface area contributed by atoms with Crippen LogP contribution in [-0.4, -0.2) is 32.4 Å². The summed E-state index contributed by atoms with van der Waals surface area (Å²) in [7, 11) is -1.55. The molecule has 1 aromatic heterocycles. The number of carbonyl (C=O) groups excluding carboxylic acids is 1. The van der Waals surface area contributed by atoms with Gasteiger partial charge in [0.2, 0.25) is 10.0 Å². The van der Waals surface area contributed by atoms with Gasteiger partial charge in [-0.1, -0.05) is 42.5 Å². The number of rotatable bonds is 9. The normalized spacial score (nSPS) is 11.4. The van der Waals surface area contributed by atoms with Crippen LogP contribution in [0.3, 0.4) is 0 Å². The number of para-hydroxylation sites is 1. The van der Waals surface area contributed by atoms with Gasteiger partial charge < -0.3 is 10.2 Å². The second-order valence-electron chi connectivity index (χ2n) is 7.78. The molecule has 0 aliphatic heterocycles. The molecule has 0 fully saturated rings. The van der Waals surface area contributed by atoms with Crippen LogP contribution >= 0.6 is 0 Å². The highest BCUT2D eigenvalue weighted by Gasteiger charge is 2.16. The van der Waals surface area contributed by atoms with Crippen LogP contribution in [0.25, 0.3) is 0 Å². The van der Waals surface area contributed by atoms with Crippen LogP contribution in [0.5, 0.6) is 0 Å². The summed E-state index contributed by atoms with van der Waals surface area (Å²) in [5.74, 6) is 0.310. The molecule has 0 radical (unpaired) electrons. The van der Waals surface area contributed by atoms with E-state index in [9.17, 15) is 13.2 Å². The van der Waals surface area contributed by atoms with Gasteiger partial charge in [0.15, 0.2) is 0 Å². The molecule has 8 heteroatoms. The Bertz CT molecular complexity index is 1150. The van der Waals surface area contributed by atoms with E-state index in [2.05, 4.69) is 15.0 Å². The zero-order valence-electron chi connectivity index (χ0n) is 18.4. The average Bonchev–Trinajstić information content (AvgIpc) is 2.77. The maximum atomic E-state index is 12.6. The molecule has 3 rings (SSSR count). The second kappa shape index (κ2) is 10.4.